The third-order valence-corrected chi connectivity index (χ3v) is 5.07. The summed E-state index contributed by atoms with van der Waals surface area (Å²) in [6.07, 6.45) is 0.853. The van der Waals surface area contributed by atoms with E-state index in [1.165, 1.54) is 30.9 Å². The highest BCUT2D eigenvalue weighted by atomic mass is 19.3. The standard InChI is InChI=1S/C22H26F2N2O4/c1-28-18-7-4-16(5-8-18)15-25-10-3-11-26(13-12-25)21(27)17-6-9-19(30-22(23)24)20(14-17)29-2/h4-9,14,22H,3,10-13,15H2,1-2H3. The molecule has 0 radical (unpaired) electrons. The van der Waals surface area contributed by atoms with Crippen molar-refractivity contribution in [2.45, 2.75) is 19.6 Å². The molecule has 3 rings (SSSR count). The lowest BCUT2D eigenvalue weighted by molar-refractivity contribution is -0.0512. The van der Waals surface area contributed by atoms with E-state index in [2.05, 4.69) is 9.64 Å². The second kappa shape index (κ2) is 10.2. The van der Waals surface area contributed by atoms with E-state index in [1.807, 2.05) is 24.3 Å². The Balaban J connectivity index is 1.62. The van der Waals surface area contributed by atoms with Crippen molar-refractivity contribution in [1.82, 2.24) is 9.80 Å². The van der Waals surface area contributed by atoms with Crippen LogP contribution in [0.3, 0.4) is 0 Å². The van der Waals surface area contributed by atoms with Crippen LogP contribution in [0.4, 0.5) is 8.78 Å². The Morgan fingerprint density at radius 1 is 0.967 bits per heavy atom. The van der Waals surface area contributed by atoms with Crippen molar-refractivity contribution in [3.05, 3.63) is 53.6 Å². The lowest BCUT2D eigenvalue weighted by Crippen LogP contribution is -2.35. The van der Waals surface area contributed by atoms with Crippen LogP contribution in [0, 0.1) is 0 Å². The molecule has 0 atom stereocenters. The highest BCUT2D eigenvalue weighted by Crippen LogP contribution is 2.30. The first kappa shape index (κ1) is 21.8. The van der Waals surface area contributed by atoms with Gasteiger partial charge in [0.25, 0.3) is 5.91 Å². The van der Waals surface area contributed by atoms with E-state index < -0.39 is 6.61 Å². The molecule has 2 aromatic carbocycles. The number of methoxy groups -OCH3 is 2. The first-order chi connectivity index (χ1) is 14.5. The van der Waals surface area contributed by atoms with Gasteiger partial charge in [-0.1, -0.05) is 12.1 Å². The molecule has 8 heteroatoms. The van der Waals surface area contributed by atoms with Crippen LogP contribution in [0.5, 0.6) is 17.2 Å². The van der Waals surface area contributed by atoms with Crippen LogP contribution in [-0.2, 0) is 6.54 Å². The summed E-state index contributed by atoms with van der Waals surface area (Å²) in [7, 11) is 3.00. The fourth-order valence-corrected chi connectivity index (χ4v) is 3.50. The summed E-state index contributed by atoms with van der Waals surface area (Å²) in [6.45, 7) is 0.714. The molecule has 0 N–H and O–H groups in total. The molecular formula is C22H26F2N2O4. The molecule has 0 aromatic heterocycles. The SMILES string of the molecule is COc1ccc(CN2CCCN(C(=O)c3ccc(OC(F)F)c(OC)c3)CC2)cc1. The molecule has 30 heavy (non-hydrogen) atoms. The molecule has 1 aliphatic rings. The van der Waals surface area contributed by atoms with Crippen molar-refractivity contribution in [2.75, 3.05) is 40.4 Å². The largest absolute Gasteiger partial charge is 0.497 e. The van der Waals surface area contributed by atoms with Crippen molar-refractivity contribution >= 4 is 5.91 Å². The topological polar surface area (TPSA) is 51.2 Å². The third-order valence-electron chi connectivity index (χ3n) is 5.07. The van der Waals surface area contributed by atoms with E-state index in [1.54, 1.807) is 12.0 Å². The number of hydrogen-bond acceptors (Lipinski definition) is 5. The molecule has 2 aromatic rings. The zero-order valence-electron chi connectivity index (χ0n) is 17.1. The van der Waals surface area contributed by atoms with Crippen LogP contribution in [0.25, 0.3) is 0 Å². The van der Waals surface area contributed by atoms with Gasteiger partial charge in [-0.15, -0.1) is 0 Å². The molecule has 0 bridgehead atoms. The van der Waals surface area contributed by atoms with Crippen LogP contribution in [0.15, 0.2) is 42.5 Å². The minimum Gasteiger partial charge on any atom is -0.497 e. The highest BCUT2D eigenvalue weighted by Gasteiger charge is 2.22. The molecule has 1 saturated heterocycles. The lowest BCUT2D eigenvalue weighted by atomic mass is 10.1. The highest BCUT2D eigenvalue weighted by molar-refractivity contribution is 5.95. The minimum atomic E-state index is -2.96. The van der Waals surface area contributed by atoms with Gasteiger partial charge in [-0.05, 0) is 42.3 Å². The van der Waals surface area contributed by atoms with Crippen LogP contribution in [-0.4, -0.2) is 62.7 Å². The number of hydrogen-bond donors (Lipinski definition) is 0. The number of carbonyl (C=O) groups excluding carboxylic acids is 1. The summed E-state index contributed by atoms with van der Waals surface area (Å²) < 4.78 is 39.7. The number of halogens is 2. The second-order valence-electron chi connectivity index (χ2n) is 7.01. The molecule has 0 saturated carbocycles. The number of alkyl halides is 2. The Morgan fingerprint density at radius 2 is 1.73 bits per heavy atom. The molecule has 1 heterocycles. The Kier molecular flexibility index (Phi) is 7.46. The zero-order chi connectivity index (χ0) is 21.5. The molecule has 6 nitrogen and oxygen atoms in total. The van der Waals surface area contributed by atoms with Crippen molar-refractivity contribution in [3.8, 4) is 17.2 Å². The monoisotopic (exact) mass is 420 g/mol. The van der Waals surface area contributed by atoms with Gasteiger partial charge in [0, 0.05) is 38.3 Å². The lowest BCUT2D eigenvalue weighted by Gasteiger charge is -2.22. The van der Waals surface area contributed by atoms with E-state index in [4.69, 9.17) is 9.47 Å². The van der Waals surface area contributed by atoms with Gasteiger partial charge in [0.15, 0.2) is 11.5 Å². The van der Waals surface area contributed by atoms with Crippen LogP contribution in [0.2, 0.25) is 0 Å². The summed E-state index contributed by atoms with van der Waals surface area (Å²) in [5.41, 5.74) is 1.58. The maximum atomic E-state index is 12.9. The molecule has 1 amide bonds. The average Bonchev–Trinajstić information content (AvgIpc) is 2.99. The molecule has 0 spiro atoms. The number of nitrogens with zero attached hydrogens (tertiary/aromatic N) is 2. The number of benzene rings is 2. The summed E-state index contributed by atoms with van der Waals surface area (Å²) in [5.74, 6) is 0.692. The maximum absolute atomic E-state index is 12.9. The second-order valence-corrected chi connectivity index (χ2v) is 7.01. The van der Waals surface area contributed by atoms with Gasteiger partial charge < -0.3 is 19.1 Å². The van der Waals surface area contributed by atoms with Crippen LogP contribution >= 0.6 is 0 Å². The molecular weight excluding hydrogens is 394 g/mol. The predicted molar refractivity (Wildman–Crippen MR) is 108 cm³/mol. The van der Waals surface area contributed by atoms with Gasteiger partial charge in [0.05, 0.1) is 14.2 Å². The van der Waals surface area contributed by atoms with Crippen molar-refractivity contribution in [1.29, 1.82) is 0 Å². The van der Waals surface area contributed by atoms with E-state index in [0.29, 0.717) is 18.7 Å². The Hall–Kier alpha value is -2.87. The minimum absolute atomic E-state index is 0.0921. The van der Waals surface area contributed by atoms with E-state index in [-0.39, 0.29) is 17.4 Å². The third kappa shape index (κ3) is 5.60. The summed E-state index contributed by atoms with van der Waals surface area (Å²) in [6, 6.07) is 12.2. The molecule has 162 valence electrons. The maximum Gasteiger partial charge on any atom is 0.387 e. The summed E-state index contributed by atoms with van der Waals surface area (Å²) in [4.78, 5) is 17.0. The van der Waals surface area contributed by atoms with Gasteiger partial charge >= 0.3 is 6.61 Å². The fraction of sp³-hybridized carbons (Fsp3) is 0.409. The van der Waals surface area contributed by atoms with E-state index in [9.17, 15) is 13.6 Å². The first-order valence-corrected chi connectivity index (χ1v) is 9.77. The van der Waals surface area contributed by atoms with Gasteiger partial charge in [-0.2, -0.15) is 8.78 Å². The molecule has 0 aliphatic carbocycles. The quantitative estimate of drug-likeness (QED) is 0.684. The molecule has 1 aliphatic heterocycles. The number of carbonyl (C=O) groups is 1. The van der Waals surface area contributed by atoms with E-state index in [0.717, 1.165) is 31.8 Å². The fourth-order valence-electron chi connectivity index (χ4n) is 3.50. The molecule has 1 fully saturated rings. The average molecular weight is 420 g/mol. The van der Waals surface area contributed by atoms with Crippen molar-refractivity contribution < 1.29 is 27.8 Å². The van der Waals surface area contributed by atoms with Crippen LogP contribution < -0.4 is 14.2 Å². The predicted octanol–water partition coefficient (Wildman–Crippen LogP) is 3.65. The number of rotatable bonds is 7. The normalized spacial score (nSPS) is 15.0. The first-order valence-electron chi connectivity index (χ1n) is 9.77. The number of ether oxygens (including phenoxy) is 3. The van der Waals surface area contributed by atoms with Gasteiger partial charge in [-0.25, -0.2) is 0 Å². The van der Waals surface area contributed by atoms with E-state index >= 15 is 0 Å². The molecule has 0 unspecified atom stereocenters. The Morgan fingerprint density at radius 3 is 2.40 bits per heavy atom. The Labute approximate surface area is 174 Å². The summed E-state index contributed by atoms with van der Waals surface area (Å²) >= 11 is 0. The smallest absolute Gasteiger partial charge is 0.387 e. The zero-order valence-corrected chi connectivity index (χ0v) is 17.1. The van der Waals surface area contributed by atoms with Gasteiger partial charge in [0.1, 0.15) is 5.75 Å². The van der Waals surface area contributed by atoms with Crippen molar-refractivity contribution in [3.63, 3.8) is 0 Å². The summed E-state index contributed by atoms with van der Waals surface area (Å²) in [5, 5.41) is 0. The number of amides is 1. The van der Waals surface area contributed by atoms with Gasteiger partial charge in [-0.3, -0.25) is 9.69 Å². The Bertz CT molecular complexity index is 846. The van der Waals surface area contributed by atoms with Gasteiger partial charge in [0.2, 0.25) is 0 Å². The van der Waals surface area contributed by atoms with Crippen LogP contribution in [0.1, 0.15) is 22.3 Å². The van der Waals surface area contributed by atoms with Crippen molar-refractivity contribution in [2.24, 2.45) is 0 Å².